The third kappa shape index (κ3) is 84.1. The minimum absolute atomic E-state index is 0.0251. The van der Waals surface area contributed by atoms with Crippen molar-refractivity contribution in [3.05, 3.63) is 182 Å². The molecule has 10 heteroatoms. The summed E-state index contributed by atoms with van der Waals surface area (Å²) in [6, 6.07) is 0. The van der Waals surface area contributed by atoms with Gasteiger partial charge in [0.15, 0.2) is 6.10 Å². The van der Waals surface area contributed by atoms with Gasteiger partial charge < -0.3 is 18.9 Å². The van der Waals surface area contributed by atoms with Gasteiger partial charge in [-0.15, -0.1) is 0 Å². The number of carbonyl (C=O) groups excluding carboxylic acids is 2. The predicted molar refractivity (Wildman–Crippen MR) is 445 cm³/mol. The molecule has 2 unspecified atom stereocenters. The second-order valence-corrected chi connectivity index (χ2v) is 29.8. The van der Waals surface area contributed by atoms with E-state index in [4.69, 9.17) is 18.5 Å². The molecule has 0 aliphatic carbocycles. The van der Waals surface area contributed by atoms with Crippen LogP contribution < -0.4 is 0 Å². The molecule has 0 fully saturated rings. The third-order valence-corrected chi connectivity index (χ3v) is 18.4. The Morgan fingerprint density at radius 1 is 0.304 bits per heavy atom. The van der Waals surface area contributed by atoms with Gasteiger partial charge in [0.25, 0.3) is 0 Å². The summed E-state index contributed by atoms with van der Waals surface area (Å²) in [5.74, 6) is -0.798. The minimum Gasteiger partial charge on any atom is -0.462 e. The number of carbonyl (C=O) groups is 2. The molecule has 580 valence electrons. The number of quaternary nitrogens is 1. The highest BCUT2D eigenvalue weighted by Gasteiger charge is 2.27. The number of phosphoric acid groups is 1. The van der Waals surface area contributed by atoms with Crippen LogP contribution in [0.5, 0.6) is 0 Å². The van der Waals surface area contributed by atoms with Gasteiger partial charge in [-0.1, -0.05) is 369 Å². The molecule has 1 N–H and O–H groups in total. The smallest absolute Gasteiger partial charge is 0.462 e. The van der Waals surface area contributed by atoms with Crippen LogP contribution in [0.15, 0.2) is 182 Å². The van der Waals surface area contributed by atoms with Gasteiger partial charge in [0, 0.05) is 12.8 Å². The number of nitrogens with zero attached hydrogens (tertiary/aromatic N) is 1. The zero-order chi connectivity index (χ0) is 74.0. The summed E-state index contributed by atoms with van der Waals surface area (Å²) < 4.78 is 34.8. The van der Waals surface area contributed by atoms with Crippen molar-refractivity contribution >= 4 is 19.8 Å². The van der Waals surface area contributed by atoms with Gasteiger partial charge in [-0.2, -0.15) is 0 Å². The molecule has 9 nitrogen and oxygen atoms in total. The molecule has 0 bridgehead atoms. The lowest BCUT2D eigenvalue weighted by molar-refractivity contribution is -0.870. The first-order valence-electron chi connectivity index (χ1n) is 41.5. The molecule has 0 aliphatic heterocycles. The quantitative estimate of drug-likeness (QED) is 0.0211. The highest BCUT2D eigenvalue weighted by Crippen LogP contribution is 2.43. The summed E-state index contributed by atoms with van der Waals surface area (Å²) >= 11 is 0. The summed E-state index contributed by atoms with van der Waals surface area (Å²) in [5, 5.41) is 0. The molecule has 0 aliphatic rings. The fourth-order valence-corrected chi connectivity index (χ4v) is 11.9. The standard InChI is InChI=1S/C92H154NO8P/c1-6-8-10-12-14-16-18-20-22-24-26-28-30-32-34-36-38-40-42-44-46-48-50-52-54-56-58-60-62-64-66-68-70-72-74-76-78-80-82-84-91(94)98-88-90(89-100-102(96,97)99-87-86-93(3,4)5)101-92(95)85-83-81-79-77-75-73-71-69-67-65-63-61-59-57-55-53-51-49-47-45-43-41-39-37-35-33-31-29-27-25-23-21-19-17-15-13-11-9-7-2/h8-11,14-17,20-23,26-29,32-35,38-41,45,47,51,53,57,59,90H,6-7,12-13,18-19,24-25,30-31,36-37,42-44,46,48-50,52,54-56,58,60-89H2,1-5H3/p+1/b10-8-,11-9-,16-14-,17-15-,22-20-,23-21-,28-26-,29-27-,34-32-,35-33-,40-38-,41-39-,47-45-,53-51-,59-57-. The van der Waals surface area contributed by atoms with Crippen LogP contribution in [0.25, 0.3) is 0 Å². The van der Waals surface area contributed by atoms with E-state index < -0.39 is 26.5 Å². The third-order valence-electron chi connectivity index (χ3n) is 17.4. The van der Waals surface area contributed by atoms with E-state index in [2.05, 4.69) is 196 Å². The van der Waals surface area contributed by atoms with Gasteiger partial charge in [-0.3, -0.25) is 18.6 Å². The maximum Gasteiger partial charge on any atom is 0.472 e. The van der Waals surface area contributed by atoms with Gasteiger partial charge in [-0.25, -0.2) is 4.57 Å². The minimum atomic E-state index is -4.41. The van der Waals surface area contributed by atoms with E-state index in [-0.39, 0.29) is 32.0 Å². The van der Waals surface area contributed by atoms with E-state index in [0.717, 1.165) is 141 Å². The van der Waals surface area contributed by atoms with Crippen LogP contribution in [0.3, 0.4) is 0 Å². The number of hydrogen-bond donors (Lipinski definition) is 1. The molecule has 0 aromatic heterocycles. The first-order valence-corrected chi connectivity index (χ1v) is 43.0. The van der Waals surface area contributed by atoms with Crippen LogP contribution in [0.1, 0.15) is 335 Å². The normalized spacial score (nSPS) is 14.0. The molecule has 0 radical (unpaired) electrons. The molecular weight excluding hydrogens is 1280 g/mol. The average molecular weight is 1430 g/mol. The molecule has 0 spiro atoms. The topological polar surface area (TPSA) is 108 Å². The van der Waals surface area contributed by atoms with E-state index in [1.165, 1.54) is 161 Å². The van der Waals surface area contributed by atoms with Crippen molar-refractivity contribution in [1.82, 2.24) is 0 Å². The van der Waals surface area contributed by atoms with E-state index in [1.807, 2.05) is 21.1 Å². The summed E-state index contributed by atoms with van der Waals surface area (Å²) in [6.07, 6.45) is 123. The Morgan fingerprint density at radius 3 is 0.784 bits per heavy atom. The van der Waals surface area contributed by atoms with Crippen molar-refractivity contribution in [2.24, 2.45) is 0 Å². The van der Waals surface area contributed by atoms with Crippen molar-refractivity contribution in [1.29, 1.82) is 0 Å². The van der Waals surface area contributed by atoms with Gasteiger partial charge in [-0.05, 0) is 135 Å². The number of allylic oxidation sites excluding steroid dienone is 30. The SMILES string of the molecule is CC/C=C\C/C=C\C/C=C\C/C=C\C/C=C\C/C=C\C/C=C\C/C=C\C/C=C\CCCCCCCCCCCCCC(=O)OC(COC(=O)CCCCCCCCCCCCCCCCCCCCCC/C=C\C/C=C\C/C=C\C/C=C\C/C=C\C/C=C\CC)COP(=O)(O)OCC[N+](C)(C)C. The Balaban J connectivity index is 4.00. The number of ether oxygens (including phenoxy) is 2. The van der Waals surface area contributed by atoms with Gasteiger partial charge in [0.2, 0.25) is 0 Å². The van der Waals surface area contributed by atoms with E-state index >= 15 is 0 Å². The largest absolute Gasteiger partial charge is 0.472 e. The molecule has 0 saturated carbocycles. The molecular formula is C92H155NO8P+. The van der Waals surface area contributed by atoms with Crippen molar-refractivity contribution in [2.75, 3.05) is 47.5 Å². The number of esters is 2. The summed E-state index contributed by atoms with van der Waals surface area (Å²) in [5.41, 5.74) is 0. The van der Waals surface area contributed by atoms with Gasteiger partial charge in [0.05, 0.1) is 27.7 Å². The Morgan fingerprint density at radius 2 is 0.529 bits per heavy atom. The molecule has 2 atom stereocenters. The fourth-order valence-electron chi connectivity index (χ4n) is 11.2. The molecule has 0 rings (SSSR count). The lowest BCUT2D eigenvalue weighted by Crippen LogP contribution is -2.37. The molecule has 0 saturated heterocycles. The number of likely N-dealkylation sites (N-methyl/N-ethyl adjacent to an activating group) is 1. The monoisotopic (exact) mass is 1430 g/mol. The fraction of sp³-hybridized carbons (Fsp3) is 0.652. The molecule has 0 aromatic rings. The van der Waals surface area contributed by atoms with E-state index in [1.54, 1.807) is 0 Å². The lowest BCUT2D eigenvalue weighted by atomic mass is 10.0. The lowest BCUT2D eigenvalue weighted by Gasteiger charge is -2.24. The zero-order valence-corrected chi connectivity index (χ0v) is 67.2. The van der Waals surface area contributed by atoms with Gasteiger partial charge >= 0.3 is 19.8 Å². The van der Waals surface area contributed by atoms with Crippen molar-refractivity contribution < 1.29 is 42.1 Å². The number of phosphoric ester groups is 1. The van der Waals surface area contributed by atoms with Crippen LogP contribution in [0, 0.1) is 0 Å². The second kappa shape index (κ2) is 80.2. The number of hydrogen-bond acceptors (Lipinski definition) is 7. The van der Waals surface area contributed by atoms with Crippen LogP contribution in [-0.2, 0) is 32.7 Å². The highest BCUT2D eigenvalue weighted by atomic mass is 31.2. The number of unbranched alkanes of at least 4 members (excludes halogenated alkanes) is 31. The Bertz CT molecular complexity index is 2390. The molecule has 0 aromatic carbocycles. The van der Waals surface area contributed by atoms with Crippen molar-refractivity contribution in [2.45, 2.75) is 341 Å². The Hall–Kier alpha value is -4.89. The number of rotatable bonds is 75. The van der Waals surface area contributed by atoms with Crippen LogP contribution in [-0.4, -0.2) is 74.9 Å². The molecule has 0 amide bonds. The summed E-state index contributed by atoms with van der Waals surface area (Å²) in [7, 11) is 1.47. The maximum atomic E-state index is 12.9. The first kappa shape index (κ1) is 97.1. The second-order valence-electron chi connectivity index (χ2n) is 28.4. The summed E-state index contributed by atoms with van der Waals surface area (Å²) in [6.45, 7) is 4.22. The Kier molecular flexibility index (Phi) is 76.4. The van der Waals surface area contributed by atoms with Crippen molar-refractivity contribution in [3.8, 4) is 0 Å². The van der Waals surface area contributed by atoms with Crippen LogP contribution >= 0.6 is 7.82 Å². The zero-order valence-electron chi connectivity index (χ0n) is 66.3. The highest BCUT2D eigenvalue weighted by molar-refractivity contribution is 7.47. The summed E-state index contributed by atoms with van der Waals surface area (Å²) in [4.78, 5) is 36.0. The first-order chi connectivity index (χ1) is 50.0. The van der Waals surface area contributed by atoms with Crippen LogP contribution in [0.4, 0.5) is 0 Å². The van der Waals surface area contributed by atoms with Crippen molar-refractivity contribution in [3.63, 3.8) is 0 Å². The molecule has 0 heterocycles. The van der Waals surface area contributed by atoms with E-state index in [9.17, 15) is 19.0 Å². The maximum absolute atomic E-state index is 12.9. The Labute approximate surface area is 629 Å². The van der Waals surface area contributed by atoms with Crippen LogP contribution in [0.2, 0.25) is 0 Å². The van der Waals surface area contributed by atoms with Gasteiger partial charge in [0.1, 0.15) is 19.8 Å². The van der Waals surface area contributed by atoms with E-state index in [0.29, 0.717) is 17.4 Å². The predicted octanol–water partition coefficient (Wildman–Crippen LogP) is 28.2. The average Bonchev–Trinajstić information content (AvgIpc) is 0.914. The molecule has 102 heavy (non-hydrogen) atoms.